The van der Waals surface area contributed by atoms with Gasteiger partial charge in [0.1, 0.15) is 0 Å². The average Bonchev–Trinajstić information content (AvgIpc) is 2.99. The predicted octanol–water partition coefficient (Wildman–Crippen LogP) is 4.84. The average molecular weight is 352 g/mol. The zero-order valence-electron chi connectivity index (χ0n) is 13.1. The summed E-state index contributed by atoms with van der Waals surface area (Å²) in [5.74, 6) is 0. The molecule has 2 saturated carbocycles. The van der Waals surface area contributed by atoms with E-state index in [2.05, 4.69) is 59.4 Å². The van der Waals surface area contributed by atoms with Gasteiger partial charge in [0.2, 0.25) is 0 Å². The fourth-order valence-corrected chi connectivity index (χ4v) is 4.53. The topological polar surface area (TPSA) is 21.3 Å². The number of hydrogen-bond acceptors (Lipinski definition) is 2. The van der Waals surface area contributed by atoms with Crippen LogP contribution in [-0.4, -0.2) is 18.8 Å². The standard InChI is InChI=1S/C18H26BrNO/c1-3-21-17-12-16(18(17)10-4-5-11-18)20-13(2)14-6-8-15(19)9-7-14/h6-9,13,16-17,20H,3-5,10-12H2,1-2H3/t13-,16?,17?/m1/s1. The summed E-state index contributed by atoms with van der Waals surface area (Å²) in [6, 6.07) is 9.70. The highest BCUT2D eigenvalue weighted by Crippen LogP contribution is 2.55. The molecular weight excluding hydrogens is 326 g/mol. The lowest BCUT2D eigenvalue weighted by atomic mass is 9.60. The van der Waals surface area contributed by atoms with Gasteiger partial charge in [0, 0.05) is 28.6 Å². The van der Waals surface area contributed by atoms with Crippen LogP contribution < -0.4 is 5.32 Å². The molecule has 2 aliphatic carbocycles. The lowest BCUT2D eigenvalue weighted by Crippen LogP contribution is -2.63. The third-order valence-electron chi connectivity index (χ3n) is 5.51. The van der Waals surface area contributed by atoms with Crippen LogP contribution in [0.3, 0.4) is 0 Å². The summed E-state index contributed by atoms with van der Waals surface area (Å²) in [6.45, 7) is 5.25. The Morgan fingerprint density at radius 1 is 1.29 bits per heavy atom. The van der Waals surface area contributed by atoms with E-state index in [4.69, 9.17) is 4.74 Å². The Hall–Kier alpha value is -0.380. The molecule has 0 aromatic heterocycles. The molecule has 1 aromatic carbocycles. The summed E-state index contributed by atoms with van der Waals surface area (Å²) >= 11 is 3.51. The molecule has 1 aromatic rings. The molecule has 2 nitrogen and oxygen atoms in total. The second-order valence-corrected chi connectivity index (χ2v) is 7.53. The summed E-state index contributed by atoms with van der Waals surface area (Å²) in [5.41, 5.74) is 1.78. The first-order valence-electron chi connectivity index (χ1n) is 8.29. The quantitative estimate of drug-likeness (QED) is 0.819. The minimum atomic E-state index is 0.406. The van der Waals surface area contributed by atoms with Crippen molar-refractivity contribution >= 4 is 15.9 Å². The first-order chi connectivity index (χ1) is 10.2. The van der Waals surface area contributed by atoms with Crippen LogP contribution in [0.4, 0.5) is 0 Å². The highest BCUT2D eigenvalue weighted by atomic mass is 79.9. The van der Waals surface area contributed by atoms with E-state index >= 15 is 0 Å². The first-order valence-corrected chi connectivity index (χ1v) is 9.08. The molecule has 3 rings (SSSR count). The molecule has 0 radical (unpaired) electrons. The van der Waals surface area contributed by atoms with Crippen molar-refractivity contribution in [1.82, 2.24) is 5.32 Å². The van der Waals surface area contributed by atoms with E-state index in [1.807, 2.05) is 0 Å². The van der Waals surface area contributed by atoms with Crippen molar-refractivity contribution in [2.75, 3.05) is 6.61 Å². The van der Waals surface area contributed by atoms with E-state index in [0.29, 0.717) is 23.6 Å². The first kappa shape index (κ1) is 15.5. The fourth-order valence-electron chi connectivity index (χ4n) is 4.27. The molecule has 0 saturated heterocycles. The highest BCUT2D eigenvalue weighted by molar-refractivity contribution is 9.10. The van der Waals surface area contributed by atoms with Crippen LogP contribution in [-0.2, 0) is 4.74 Å². The Morgan fingerprint density at radius 3 is 2.57 bits per heavy atom. The van der Waals surface area contributed by atoms with Crippen LogP contribution >= 0.6 is 15.9 Å². The molecule has 0 bridgehead atoms. The molecule has 2 fully saturated rings. The second kappa shape index (κ2) is 6.39. The van der Waals surface area contributed by atoms with Crippen molar-refractivity contribution in [3.05, 3.63) is 34.3 Å². The van der Waals surface area contributed by atoms with Gasteiger partial charge in [0.25, 0.3) is 0 Å². The molecule has 1 N–H and O–H groups in total. The van der Waals surface area contributed by atoms with Gasteiger partial charge in [-0.2, -0.15) is 0 Å². The van der Waals surface area contributed by atoms with Crippen LogP contribution in [0.15, 0.2) is 28.7 Å². The number of rotatable bonds is 5. The summed E-state index contributed by atoms with van der Waals surface area (Å²) in [6.07, 6.45) is 7.07. The summed E-state index contributed by atoms with van der Waals surface area (Å²) in [7, 11) is 0. The van der Waals surface area contributed by atoms with Crippen molar-refractivity contribution in [3.63, 3.8) is 0 Å². The Morgan fingerprint density at radius 2 is 1.95 bits per heavy atom. The Bertz CT molecular complexity index is 467. The maximum atomic E-state index is 6.00. The smallest absolute Gasteiger partial charge is 0.0661 e. The van der Waals surface area contributed by atoms with Crippen molar-refractivity contribution < 1.29 is 4.74 Å². The number of nitrogens with one attached hydrogen (secondary N) is 1. The van der Waals surface area contributed by atoms with Crippen LogP contribution in [0, 0.1) is 5.41 Å². The fraction of sp³-hybridized carbons (Fsp3) is 0.667. The van der Waals surface area contributed by atoms with Crippen LogP contribution in [0.2, 0.25) is 0 Å². The van der Waals surface area contributed by atoms with E-state index in [0.717, 1.165) is 11.1 Å². The molecule has 2 aliphatic rings. The van der Waals surface area contributed by atoms with Gasteiger partial charge in [0.15, 0.2) is 0 Å². The molecule has 0 aliphatic heterocycles. The van der Waals surface area contributed by atoms with Gasteiger partial charge < -0.3 is 10.1 Å². The van der Waals surface area contributed by atoms with E-state index in [9.17, 15) is 0 Å². The largest absolute Gasteiger partial charge is 0.378 e. The number of ether oxygens (including phenoxy) is 1. The normalized spacial score (nSPS) is 28.5. The third-order valence-corrected chi connectivity index (χ3v) is 6.04. The number of hydrogen-bond donors (Lipinski definition) is 1. The maximum Gasteiger partial charge on any atom is 0.0661 e. The Balaban J connectivity index is 1.66. The molecule has 2 unspecified atom stereocenters. The Kier molecular flexibility index (Phi) is 4.72. The van der Waals surface area contributed by atoms with Gasteiger partial charge in [-0.25, -0.2) is 0 Å². The third kappa shape index (κ3) is 2.93. The monoisotopic (exact) mass is 351 g/mol. The van der Waals surface area contributed by atoms with E-state index in [1.165, 1.54) is 37.7 Å². The van der Waals surface area contributed by atoms with Gasteiger partial charge in [-0.3, -0.25) is 0 Å². The zero-order chi connectivity index (χ0) is 14.9. The molecule has 3 atom stereocenters. The zero-order valence-corrected chi connectivity index (χ0v) is 14.7. The van der Waals surface area contributed by atoms with Crippen molar-refractivity contribution in [3.8, 4) is 0 Å². The van der Waals surface area contributed by atoms with E-state index in [1.54, 1.807) is 0 Å². The van der Waals surface area contributed by atoms with Crippen molar-refractivity contribution in [2.24, 2.45) is 5.41 Å². The van der Waals surface area contributed by atoms with Crippen LogP contribution in [0.5, 0.6) is 0 Å². The van der Waals surface area contributed by atoms with Crippen molar-refractivity contribution in [1.29, 1.82) is 0 Å². The molecular formula is C18H26BrNO. The molecule has 116 valence electrons. The van der Waals surface area contributed by atoms with Crippen molar-refractivity contribution in [2.45, 2.75) is 64.1 Å². The summed E-state index contributed by atoms with van der Waals surface area (Å²) in [5, 5.41) is 3.88. The second-order valence-electron chi connectivity index (χ2n) is 6.61. The lowest BCUT2D eigenvalue weighted by molar-refractivity contribution is -0.132. The minimum Gasteiger partial charge on any atom is -0.378 e. The predicted molar refractivity (Wildman–Crippen MR) is 90.4 cm³/mol. The van der Waals surface area contributed by atoms with E-state index in [-0.39, 0.29) is 0 Å². The SMILES string of the molecule is CCOC1CC(N[C@H](C)c2ccc(Br)cc2)C12CCCC2. The molecule has 0 heterocycles. The van der Waals surface area contributed by atoms with E-state index < -0.39 is 0 Å². The molecule has 3 heteroatoms. The number of benzene rings is 1. The Labute approximate surface area is 136 Å². The minimum absolute atomic E-state index is 0.406. The van der Waals surface area contributed by atoms with Gasteiger partial charge in [-0.15, -0.1) is 0 Å². The van der Waals surface area contributed by atoms with Gasteiger partial charge in [-0.05, 0) is 50.8 Å². The van der Waals surface area contributed by atoms with Gasteiger partial charge >= 0.3 is 0 Å². The maximum absolute atomic E-state index is 6.00. The van der Waals surface area contributed by atoms with Gasteiger partial charge in [-0.1, -0.05) is 40.9 Å². The van der Waals surface area contributed by atoms with Crippen LogP contribution in [0.25, 0.3) is 0 Å². The molecule has 0 amide bonds. The summed E-state index contributed by atoms with van der Waals surface area (Å²) in [4.78, 5) is 0. The summed E-state index contributed by atoms with van der Waals surface area (Å²) < 4.78 is 7.15. The molecule has 1 spiro atoms. The van der Waals surface area contributed by atoms with Gasteiger partial charge in [0.05, 0.1) is 6.10 Å². The lowest BCUT2D eigenvalue weighted by Gasteiger charge is -2.55. The highest BCUT2D eigenvalue weighted by Gasteiger charge is 2.56. The molecule has 21 heavy (non-hydrogen) atoms. The van der Waals surface area contributed by atoms with Crippen LogP contribution in [0.1, 0.15) is 57.6 Å². The number of halogens is 1.